The molecule has 1 aromatic carbocycles. The molecule has 1 atom stereocenters. The van der Waals surface area contributed by atoms with Crippen LogP contribution in [-0.2, 0) is 11.2 Å². The van der Waals surface area contributed by atoms with Crippen molar-refractivity contribution < 1.29 is 14.3 Å². The summed E-state index contributed by atoms with van der Waals surface area (Å²) < 4.78 is 13.4. The van der Waals surface area contributed by atoms with E-state index in [1.807, 2.05) is 0 Å². The minimum Gasteiger partial charge on any atom is -0.481 e. The van der Waals surface area contributed by atoms with E-state index in [-0.39, 0.29) is 5.82 Å². The highest BCUT2D eigenvalue weighted by Gasteiger charge is 2.17. The van der Waals surface area contributed by atoms with Crippen molar-refractivity contribution in [3.05, 3.63) is 34.1 Å². The number of rotatable bonds is 6. The predicted molar refractivity (Wildman–Crippen MR) is 67.2 cm³/mol. The number of carboxylic acid groups (broad SMARTS) is 1. The highest BCUT2D eigenvalue weighted by atomic mass is 79.9. The Hall–Kier alpha value is -0.940. The molecule has 0 bridgehead atoms. The maximum atomic E-state index is 13.0. The molecule has 3 nitrogen and oxygen atoms in total. The Bertz CT molecular complexity index is 398. The monoisotopic (exact) mass is 303 g/mol. The summed E-state index contributed by atoms with van der Waals surface area (Å²) in [7, 11) is 0. The Morgan fingerprint density at radius 2 is 2.24 bits per heavy atom. The van der Waals surface area contributed by atoms with E-state index in [0.717, 1.165) is 5.56 Å². The Kier molecular flexibility index (Phi) is 5.58. The van der Waals surface area contributed by atoms with E-state index < -0.39 is 11.9 Å². The van der Waals surface area contributed by atoms with Gasteiger partial charge in [-0.2, -0.15) is 0 Å². The lowest BCUT2D eigenvalue weighted by Gasteiger charge is -2.12. The van der Waals surface area contributed by atoms with Crippen LogP contribution < -0.4 is 5.73 Å². The molecule has 0 saturated carbocycles. The van der Waals surface area contributed by atoms with Crippen molar-refractivity contribution in [2.24, 2.45) is 11.7 Å². The summed E-state index contributed by atoms with van der Waals surface area (Å²) in [6, 6.07) is 4.56. The lowest BCUT2D eigenvalue weighted by Crippen LogP contribution is -2.18. The smallest absolute Gasteiger partial charge is 0.306 e. The highest BCUT2D eigenvalue weighted by molar-refractivity contribution is 9.10. The fourth-order valence-electron chi connectivity index (χ4n) is 1.63. The SMILES string of the molecule is NCCCC(Cc1ccc(F)c(Br)c1)C(=O)O. The van der Waals surface area contributed by atoms with Gasteiger partial charge in [-0.1, -0.05) is 6.07 Å². The third-order valence-electron chi connectivity index (χ3n) is 2.57. The summed E-state index contributed by atoms with van der Waals surface area (Å²) in [6.45, 7) is 0.483. The summed E-state index contributed by atoms with van der Waals surface area (Å²) in [5.74, 6) is -1.64. The van der Waals surface area contributed by atoms with Gasteiger partial charge in [0.2, 0.25) is 0 Å². The number of hydrogen-bond donors (Lipinski definition) is 2. The first kappa shape index (κ1) is 14.1. The van der Waals surface area contributed by atoms with E-state index in [9.17, 15) is 9.18 Å². The maximum Gasteiger partial charge on any atom is 0.306 e. The Morgan fingerprint density at radius 3 is 2.76 bits per heavy atom. The summed E-state index contributed by atoms with van der Waals surface area (Å²) in [5.41, 5.74) is 6.17. The van der Waals surface area contributed by atoms with E-state index >= 15 is 0 Å². The number of aliphatic carboxylic acids is 1. The van der Waals surface area contributed by atoms with Gasteiger partial charge >= 0.3 is 5.97 Å². The van der Waals surface area contributed by atoms with Crippen molar-refractivity contribution >= 4 is 21.9 Å². The lowest BCUT2D eigenvalue weighted by atomic mass is 9.95. The van der Waals surface area contributed by atoms with Crippen LogP contribution in [0.1, 0.15) is 18.4 Å². The molecule has 0 saturated heterocycles. The summed E-state index contributed by atoms with van der Waals surface area (Å²) in [4.78, 5) is 11.0. The van der Waals surface area contributed by atoms with Gasteiger partial charge in [-0.05, 0) is 59.4 Å². The summed E-state index contributed by atoms with van der Waals surface area (Å²) in [5, 5.41) is 9.06. The number of carbonyl (C=O) groups is 1. The largest absolute Gasteiger partial charge is 0.481 e. The van der Waals surface area contributed by atoms with Gasteiger partial charge in [0.15, 0.2) is 0 Å². The van der Waals surface area contributed by atoms with Crippen molar-refractivity contribution in [1.29, 1.82) is 0 Å². The molecule has 94 valence electrons. The quantitative estimate of drug-likeness (QED) is 0.849. The number of carboxylic acids is 1. The normalized spacial score (nSPS) is 12.4. The first-order valence-corrected chi connectivity index (χ1v) is 6.20. The zero-order chi connectivity index (χ0) is 12.8. The molecule has 0 spiro atoms. The Balaban J connectivity index is 2.71. The fraction of sp³-hybridized carbons (Fsp3) is 0.417. The standard InChI is InChI=1S/C12H15BrFNO2/c13-10-7-8(3-4-11(10)14)6-9(12(16)17)2-1-5-15/h3-4,7,9H,1-2,5-6,15H2,(H,16,17). The van der Waals surface area contributed by atoms with Gasteiger partial charge in [0, 0.05) is 0 Å². The van der Waals surface area contributed by atoms with E-state index in [1.54, 1.807) is 12.1 Å². The predicted octanol–water partition coefficient (Wildman–Crippen LogP) is 2.57. The van der Waals surface area contributed by atoms with Crippen molar-refractivity contribution in [1.82, 2.24) is 0 Å². The van der Waals surface area contributed by atoms with Crippen LogP contribution in [0, 0.1) is 11.7 Å². The topological polar surface area (TPSA) is 63.3 Å². The molecule has 0 radical (unpaired) electrons. The van der Waals surface area contributed by atoms with Crippen LogP contribution >= 0.6 is 15.9 Å². The van der Waals surface area contributed by atoms with Crippen LogP contribution in [0.3, 0.4) is 0 Å². The molecule has 1 rings (SSSR count). The third-order valence-corrected chi connectivity index (χ3v) is 3.18. The molecule has 17 heavy (non-hydrogen) atoms. The average Bonchev–Trinajstić information content (AvgIpc) is 2.28. The van der Waals surface area contributed by atoms with Crippen LogP contribution in [-0.4, -0.2) is 17.6 Å². The zero-order valence-electron chi connectivity index (χ0n) is 9.33. The number of halogens is 2. The van der Waals surface area contributed by atoms with E-state index in [0.29, 0.717) is 30.3 Å². The second kappa shape index (κ2) is 6.71. The Morgan fingerprint density at radius 1 is 1.53 bits per heavy atom. The van der Waals surface area contributed by atoms with Gasteiger partial charge in [-0.15, -0.1) is 0 Å². The molecule has 0 aliphatic rings. The summed E-state index contributed by atoms with van der Waals surface area (Å²) >= 11 is 3.08. The van der Waals surface area contributed by atoms with Crippen molar-refractivity contribution in [2.75, 3.05) is 6.54 Å². The molecular formula is C12H15BrFNO2. The molecule has 1 aromatic rings. The van der Waals surface area contributed by atoms with Crippen LogP contribution in [0.5, 0.6) is 0 Å². The van der Waals surface area contributed by atoms with Gasteiger partial charge in [0.25, 0.3) is 0 Å². The van der Waals surface area contributed by atoms with E-state index in [4.69, 9.17) is 10.8 Å². The van der Waals surface area contributed by atoms with Gasteiger partial charge in [0.05, 0.1) is 10.4 Å². The fourth-order valence-corrected chi connectivity index (χ4v) is 2.05. The van der Waals surface area contributed by atoms with Gasteiger partial charge in [0.1, 0.15) is 5.82 Å². The number of nitrogens with two attached hydrogens (primary N) is 1. The van der Waals surface area contributed by atoms with Crippen molar-refractivity contribution in [3.63, 3.8) is 0 Å². The minimum atomic E-state index is -0.834. The summed E-state index contributed by atoms with van der Waals surface area (Å²) in [6.07, 6.45) is 1.62. The van der Waals surface area contributed by atoms with E-state index in [2.05, 4.69) is 15.9 Å². The van der Waals surface area contributed by atoms with Crippen molar-refractivity contribution in [3.8, 4) is 0 Å². The molecular weight excluding hydrogens is 289 g/mol. The van der Waals surface area contributed by atoms with E-state index in [1.165, 1.54) is 6.07 Å². The minimum absolute atomic E-state index is 0.345. The number of hydrogen-bond acceptors (Lipinski definition) is 2. The molecule has 0 aromatic heterocycles. The molecule has 0 aliphatic heterocycles. The average molecular weight is 304 g/mol. The second-order valence-electron chi connectivity index (χ2n) is 3.92. The highest BCUT2D eigenvalue weighted by Crippen LogP contribution is 2.20. The molecule has 0 heterocycles. The molecule has 0 amide bonds. The van der Waals surface area contributed by atoms with Gasteiger partial charge < -0.3 is 10.8 Å². The Labute approximate surface area is 108 Å². The first-order valence-electron chi connectivity index (χ1n) is 5.41. The third kappa shape index (κ3) is 4.44. The lowest BCUT2D eigenvalue weighted by molar-refractivity contribution is -0.141. The van der Waals surface area contributed by atoms with Crippen LogP contribution in [0.25, 0.3) is 0 Å². The molecule has 0 aliphatic carbocycles. The zero-order valence-corrected chi connectivity index (χ0v) is 10.9. The van der Waals surface area contributed by atoms with Crippen molar-refractivity contribution in [2.45, 2.75) is 19.3 Å². The van der Waals surface area contributed by atoms with Gasteiger partial charge in [-0.25, -0.2) is 4.39 Å². The first-order chi connectivity index (χ1) is 8.04. The van der Waals surface area contributed by atoms with Gasteiger partial charge in [-0.3, -0.25) is 4.79 Å². The van der Waals surface area contributed by atoms with Crippen LogP contribution in [0.2, 0.25) is 0 Å². The second-order valence-corrected chi connectivity index (χ2v) is 4.77. The van der Waals surface area contributed by atoms with Crippen LogP contribution in [0.4, 0.5) is 4.39 Å². The molecule has 5 heteroatoms. The maximum absolute atomic E-state index is 13.0. The van der Waals surface area contributed by atoms with Crippen LogP contribution in [0.15, 0.2) is 22.7 Å². The molecule has 3 N–H and O–H groups in total. The molecule has 0 fully saturated rings. The number of benzene rings is 1. The molecule has 1 unspecified atom stereocenters.